The molecule has 0 aliphatic carbocycles. The van der Waals surface area contributed by atoms with E-state index in [-0.39, 0.29) is 24.2 Å². The molecular formula is C17H23NO5. The Morgan fingerprint density at radius 2 is 1.83 bits per heavy atom. The molecule has 1 heterocycles. The number of rotatable bonds is 4. The second-order valence-corrected chi connectivity index (χ2v) is 6.64. The number of benzene rings is 1. The molecule has 1 fully saturated rings. The van der Waals surface area contributed by atoms with Crippen LogP contribution >= 0.6 is 0 Å². The van der Waals surface area contributed by atoms with E-state index in [2.05, 4.69) is 0 Å². The van der Waals surface area contributed by atoms with Gasteiger partial charge in [-0.1, -0.05) is 0 Å². The van der Waals surface area contributed by atoms with E-state index in [0.717, 1.165) is 0 Å². The minimum atomic E-state index is -1.01. The van der Waals surface area contributed by atoms with Crippen LogP contribution in [0.3, 0.4) is 0 Å². The number of likely N-dealkylation sites (tertiary alicyclic amines) is 1. The fourth-order valence-corrected chi connectivity index (χ4v) is 2.61. The first-order chi connectivity index (χ1) is 10.7. The van der Waals surface area contributed by atoms with Crippen LogP contribution in [-0.2, 0) is 9.53 Å². The van der Waals surface area contributed by atoms with Crippen molar-refractivity contribution in [2.24, 2.45) is 0 Å². The quantitative estimate of drug-likeness (QED) is 0.920. The van der Waals surface area contributed by atoms with Gasteiger partial charge in [-0.05, 0) is 45.0 Å². The summed E-state index contributed by atoms with van der Waals surface area (Å²) in [5, 5.41) is 9.30. The standard InChI is InChI=1S/C17H23NO5/c1-17(2,3)23-12-7-5-11(6-8-12)15(19)18-10-13(22-4)9-14(18)16(20)21/h5-8,13-14H,9-10H2,1-4H3,(H,20,21). The Morgan fingerprint density at radius 1 is 1.22 bits per heavy atom. The van der Waals surface area contributed by atoms with Crippen molar-refractivity contribution in [3.05, 3.63) is 29.8 Å². The van der Waals surface area contributed by atoms with E-state index < -0.39 is 12.0 Å². The number of hydrogen-bond acceptors (Lipinski definition) is 4. The van der Waals surface area contributed by atoms with E-state index in [1.807, 2.05) is 20.8 Å². The Labute approximate surface area is 136 Å². The summed E-state index contributed by atoms with van der Waals surface area (Å²) in [6.45, 7) is 6.11. The molecule has 0 aromatic heterocycles. The zero-order valence-corrected chi connectivity index (χ0v) is 13.9. The van der Waals surface area contributed by atoms with Gasteiger partial charge in [-0.25, -0.2) is 4.79 Å². The first-order valence-electron chi connectivity index (χ1n) is 7.57. The highest BCUT2D eigenvalue weighted by atomic mass is 16.5. The van der Waals surface area contributed by atoms with Gasteiger partial charge in [-0.2, -0.15) is 0 Å². The number of hydrogen-bond donors (Lipinski definition) is 1. The molecule has 6 heteroatoms. The van der Waals surface area contributed by atoms with Gasteiger partial charge < -0.3 is 19.5 Å². The maximum absolute atomic E-state index is 12.6. The fraction of sp³-hybridized carbons (Fsp3) is 0.529. The minimum Gasteiger partial charge on any atom is -0.488 e. The number of nitrogens with zero attached hydrogens (tertiary/aromatic N) is 1. The first kappa shape index (κ1) is 17.3. The Hall–Kier alpha value is -2.08. The maximum Gasteiger partial charge on any atom is 0.326 e. The predicted octanol–water partition coefficient (Wildman–Crippen LogP) is 2.18. The lowest BCUT2D eigenvalue weighted by Gasteiger charge is -2.23. The number of aliphatic carboxylic acids is 1. The Morgan fingerprint density at radius 3 is 2.30 bits per heavy atom. The Bertz CT molecular complexity index is 576. The van der Waals surface area contributed by atoms with Crippen LogP contribution in [0.1, 0.15) is 37.6 Å². The van der Waals surface area contributed by atoms with E-state index in [1.165, 1.54) is 12.0 Å². The van der Waals surface area contributed by atoms with Gasteiger partial charge in [0.2, 0.25) is 0 Å². The monoisotopic (exact) mass is 321 g/mol. The topological polar surface area (TPSA) is 76.1 Å². The van der Waals surface area contributed by atoms with Gasteiger partial charge in [0, 0.05) is 25.6 Å². The summed E-state index contributed by atoms with van der Waals surface area (Å²) in [4.78, 5) is 25.3. The van der Waals surface area contributed by atoms with E-state index in [1.54, 1.807) is 24.3 Å². The van der Waals surface area contributed by atoms with Gasteiger partial charge in [-0.15, -0.1) is 0 Å². The van der Waals surface area contributed by atoms with Crippen molar-refractivity contribution in [1.29, 1.82) is 0 Å². The molecule has 1 aromatic carbocycles. The molecule has 126 valence electrons. The number of methoxy groups -OCH3 is 1. The van der Waals surface area contributed by atoms with Gasteiger partial charge in [0.25, 0.3) is 5.91 Å². The molecule has 23 heavy (non-hydrogen) atoms. The molecule has 2 rings (SSSR count). The van der Waals surface area contributed by atoms with Crippen molar-refractivity contribution in [3.63, 3.8) is 0 Å². The van der Waals surface area contributed by atoms with Gasteiger partial charge in [0.15, 0.2) is 0 Å². The van der Waals surface area contributed by atoms with Gasteiger partial charge in [-0.3, -0.25) is 4.79 Å². The average molecular weight is 321 g/mol. The van der Waals surface area contributed by atoms with Crippen molar-refractivity contribution < 1.29 is 24.2 Å². The van der Waals surface area contributed by atoms with Crippen LogP contribution in [0, 0.1) is 0 Å². The second kappa shape index (κ2) is 6.58. The minimum absolute atomic E-state index is 0.247. The van der Waals surface area contributed by atoms with Gasteiger partial charge in [0.1, 0.15) is 17.4 Å². The zero-order chi connectivity index (χ0) is 17.2. The van der Waals surface area contributed by atoms with Crippen LogP contribution in [0.5, 0.6) is 5.75 Å². The Kier molecular flexibility index (Phi) is 4.94. The first-order valence-corrected chi connectivity index (χ1v) is 7.57. The van der Waals surface area contributed by atoms with Crippen LogP contribution in [-0.4, -0.2) is 53.3 Å². The summed E-state index contributed by atoms with van der Waals surface area (Å²) in [7, 11) is 1.52. The lowest BCUT2D eigenvalue weighted by molar-refractivity contribution is -0.141. The molecule has 2 unspecified atom stereocenters. The molecule has 1 saturated heterocycles. The lowest BCUT2D eigenvalue weighted by Crippen LogP contribution is -2.40. The molecule has 1 amide bonds. The SMILES string of the molecule is COC1CC(C(=O)O)N(C(=O)c2ccc(OC(C)(C)C)cc2)C1. The van der Waals surface area contributed by atoms with E-state index in [0.29, 0.717) is 17.7 Å². The number of carbonyl (C=O) groups excluding carboxylic acids is 1. The van der Waals surface area contributed by atoms with Crippen molar-refractivity contribution in [2.45, 2.75) is 44.9 Å². The molecule has 6 nitrogen and oxygen atoms in total. The third-order valence-electron chi connectivity index (χ3n) is 3.67. The number of carbonyl (C=O) groups is 2. The molecule has 2 atom stereocenters. The smallest absolute Gasteiger partial charge is 0.326 e. The van der Waals surface area contributed by atoms with Crippen molar-refractivity contribution in [1.82, 2.24) is 4.90 Å². The van der Waals surface area contributed by atoms with Crippen molar-refractivity contribution in [2.75, 3.05) is 13.7 Å². The number of ether oxygens (including phenoxy) is 2. The third-order valence-corrected chi connectivity index (χ3v) is 3.67. The zero-order valence-electron chi connectivity index (χ0n) is 13.9. The highest BCUT2D eigenvalue weighted by Gasteiger charge is 2.40. The maximum atomic E-state index is 12.6. The van der Waals surface area contributed by atoms with Crippen molar-refractivity contribution in [3.8, 4) is 5.75 Å². The fourth-order valence-electron chi connectivity index (χ4n) is 2.61. The molecule has 0 bridgehead atoms. The van der Waals surface area contributed by atoms with Gasteiger partial charge in [0.05, 0.1) is 6.10 Å². The average Bonchev–Trinajstić information content (AvgIpc) is 2.90. The van der Waals surface area contributed by atoms with Gasteiger partial charge >= 0.3 is 5.97 Å². The van der Waals surface area contributed by atoms with Crippen LogP contribution in [0.25, 0.3) is 0 Å². The number of amides is 1. The number of carboxylic acid groups (broad SMARTS) is 1. The molecular weight excluding hydrogens is 298 g/mol. The van der Waals surface area contributed by atoms with Crippen LogP contribution in [0.4, 0.5) is 0 Å². The summed E-state index contributed by atoms with van der Waals surface area (Å²) in [6, 6.07) is 5.90. The molecule has 1 aliphatic heterocycles. The Balaban J connectivity index is 2.14. The molecule has 0 radical (unpaired) electrons. The highest BCUT2D eigenvalue weighted by molar-refractivity contribution is 5.97. The normalized spacial score (nSPS) is 21.3. The summed E-state index contributed by atoms with van der Waals surface area (Å²) in [6.07, 6.45) is 0.0616. The predicted molar refractivity (Wildman–Crippen MR) is 84.7 cm³/mol. The van der Waals surface area contributed by atoms with Crippen LogP contribution in [0.15, 0.2) is 24.3 Å². The summed E-state index contributed by atoms with van der Waals surface area (Å²) in [5.74, 6) is -0.648. The molecule has 0 saturated carbocycles. The van der Waals surface area contributed by atoms with E-state index in [4.69, 9.17) is 9.47 Å². The second-order valence-electron chi connectivity index (χ2n) is 6.64. The molecule has 1 N–H and O–H groups in total. The summed E-state index contributed by atoms with van der Waals surface area (Å²) in [5.41, 5.74) is 0.120. The van der Waals surface area contributed by atoms with E-state index >= 15 is 0 Å². The van der Waals surface area contributed by atoms with Crippen LogP contribution < -0.4 is 4.74 Å². The number of carboxylic acids is 1. The molecule has 0 spiro atoms. The van der Waals surface area contributed by atoms with Crippen LogP contribution in [0.2, 0.25) is 0 Å². The summed E-state index contributed by atoms with van der Waals surface area (Å²) >= 11 is 0. The highest BCUT2D eigenvalue weighted by Crippen LogP contribution is 2.24. The largest absolute Gasteiger partial charge is 0.488 e. The third kappa shape index (κ3) is 4.22. The van der Waals surface area contributed by atoms with E-state index in [9.17, 15) is 14.7 Å². The molecule has 1 aliphatic rings. The lowest BCUT2D eigenvalue weighted by atomic mass is 10.1. The summed E-state index contributed by atoms with van der Waals surface area (Å²) < 4.78 is 10.9. The molecule has 1 aromatic rings. The van der Waals surface area contributed by atoms with Crippen molar-refractivity contribution >= 4 is 11.9 Å².